The number of para-hydroxylation sites is 2. The standard InChI is InChI=1S/C12H19NO2/c1-9(2)12(8-13)15-11-7-5-4-6-10(11)14-3/h4-7,9,12H,8,13H2,1-3H3. The second-order valence-electron chi connectivity index (χ2n) is 3.79. The molecular weight excluding hydrogens is 190 g/mol. The smallest absolute Gasteiger partial charge is 0.161 e. The van der Waals surface area contributed by atoms with E-state index in [4.69, 9.17) is 15.2 Å². The largest absolute Gasteiger partial charge is 0.493 e. The maximum atomic E-state index is 5.80. The first-order valence-corrected chi connectivity index (χ1v) is 5.18. The van der Waals surface area contributed by atoms with E-state index < -0.39 is 0 Å². The van der Waals surface area contributed by atoms with Crippen LogP contribution in [0.15, 0.2) is 24.3 Å². The summed E-state index contributed by atoms with van der Waals surface area (Å²) in [7, 11) is 1.63. The zero-order valence-corrected chi connectivity index (χ0v) is 9.57. The predicted molar refractivity (Wildman–Crippen MR) is 61.3 cm³/mol. The van der Waals surface area contributed by atoms with Crippen LogP contribution in [0.5, 0.6) is 11.5 Å². The van der Waals surface area contributed by atoms with E-state index in [9.17, 15) is 0 Å². The van der Waals surface area contributed by atoms with Gasteiger partial charge in [0.05, 0.1) is 7.11 Å². The van der Waals surface area contributed by atoms with Gasteiger partial charge in [-0.25, -0.2) is 0 Å². The van der Waals surface area contributed by atoms with E-state index in [0.717, 1.165) is 11.5 Å². The van der Waals surface area contributed by atoms with Gasteiger partial charge in [0.15, 0.2) is 11.5 Å². The van der Waals surface area contributed by atoms with Crippen LogP contribution < -0.4 is 15.2 Å². The van der Waals surface area contributed by atoms with Gasteiger partial charge < -0.3 is 15.2 Å². The molecule has 0 aliphatic carbocycles. The number of hydrogen-bond acceptors (Lipinski definition) is 3. The Morgan fingerprint density at radius 1 is 1.20 bits per heavy atom. The number of nitrogens with two attached hydrogens (primary N) is 1. The van der Waals surface area contributed by atoms with Crippen LogP contribution in [-0.4, -0.2) is 19.8 Å². The van der Waals surface area contributed by atoms with Crippen LogP contribution in [-0.2, 0) is 0 Å². The Hall–Kier alpha value is -1.22. The fraction of sp³-hybridized carbons (Fsp3) is 0.500. The molecule has 0 heterocycles. The van der Waals surface area contributed by atoms with E-state index in [2.05, 4.69) is 13.8 Å². The average Bonchev–Trinajstić information content (AvgIpc) is 2.25. The maximum absolute atomic E-state index is 5.80. The highest BCUT2D eigenvalue weighted by atomic mass is 16.5. The fourth-order valence-corrected chi connectivity index (χ4v) is 1.34. The average molecular weight is 209 g/mol. The van der Waals surface area contributed by atoms with Gasteiger partial charge in [0.25, 0.3) is 0 Å². The molecule has 0 bridgehead atoms. The van der Waals surface area contributed by atoms with E-state index in [1.54, 1.807) is 7.11 Å². The lowest BCUT2D eigenvalue weighted by atomic mass is 10.1. The van der Waals surface area contributed by atoms with Crippen LogP contribution in [0.25, 0.3) is 0 Å². The van der Waals surface area contributed by atoms with Gasteiger partial charge in [-0.1, -0.05) is 26.0 Å². The van der Waals surface area contributed by atoms with Gasteiger partial charge in [-0.05, 0) is 18.1 Å². The molecule has 3 nitrogen and oxygen atoms in total. The molecule has 84 valence electrons. The van der Waals surface area contributed by atoms with Gasteiger partial charge in [-0.15, -0.1) is 0 Å². The normalized spacial score (nSPS) is 12.6. The van der Waals surface area contributed by atoms with Crippen molar-refractivity contribution >= 4 is 0 Å². The third kappa shape index (κ3) is 3.13. The number of rotatable bonds is 5. The second kappa shape index (κ2) is 5.61. The molecule has 0 aliphatic rings. The summed E-state index contributed by atoms with van der Waals surface area (Å²) in [4.78, 5) is 0. The predicted octanol–water partition coefficient (Wildman–Crippen LogP) is 2.06. The van der Waals surface area contributed by atoms with Gasteiger partial charge in [-0.3, -0.25) is 0 Å². The van der Waals surface area contributed by atoms with E-state index in [1.165, 1.54) is 0 Å². The molecule has 1 unspecified atom stereocenters. The molecule has 0 spiro atoms. The molecule has 1 aromatic carbocycles. The highest BCUT2D eigenvalue weighted by molar-refractivity contribution is 5.39. The van der Waals surface area contributed by atoms with Crippen LogP contribution in [0.1, 0.15) is 13.8 Å². The van der Waals surface area contributed by atoms with Gasteiger partial charge in [0.1, 0.15) is 6.10 Å². The zero-order chi connectivity index (χ0) is 11.3. The minimum Gasteiger partial charge on any atom is -0.493 e. The number of benzene rings is 1. The van der Waals surface area contributed by atoms with Crippen molar-refractivity contribution in [1.82, 2.24) is 0 Å². The summed E-state index contributed by atoms with van der Waals surface area (Å²) in [6.07, 6.45) is 0.0290. The van der Waals surface area contributed by atoms with Crippen LogP contribution in [0.4, 0.5) is 0 Å². The highest BCUT2D eigenvalue weighted by Crippen LogP contribution is 2.27. The molecule has 0 amide bonds. The first-order valence-electron chi connectivity index (χ1n) is 5.18. The topological polar surface area (TPSA) is 44.5 Å². The first-order chi connectivity index (χ1) is 7.19. The maximum Gasteiger partial charge on any atom is 0.161 e. The Kier molecular flexibility index (Phi) is 4.43. The third-order valence-corrected chi connectivity index (χ3v) is 2.32. The van der Waals surface area contributed by atoms with E-state index in [0.29, 0.717) is 12.5 Å². The van der Waals surface area contributed by atoms with Crippen molar-refractivity contribution in [2.24, 2.45) is 11.7 Å². The third-order valence-electron chi connectivity index (χ3n) is 2.32. The first kappa shape index (κ1) is 11.9. The minimum absolute atomic E-state index is 0.0290. The van der Waals surface area contributed by atoms with E-state index in [1.807, 2.05) is 24.3 Å². The van der Waals surface area contributed by atoms with Crippen molar-refractivity contribution in [3.8, 4) is 11.5 Å². The van der Waals surface area contributed by atoms with E-state index >= 15 is 0 Å². The minimum atomic E-state index is 0.0290. The molecule has 0 saturated carbocycles. The summed E-state index contributed by atoms with van der Waals surface area (Å²) in [5.74, 6) is 1.89. The molecule has 2 N–H and O–H groups in total. The Morgan fingerprint density at radius 2 is 1.80 bits per heavy atom. The summed E-state index contributed by atoms with van der Waals surface area (Å²) < 4.78 is 11.0. The number of ether oxygens (including phenoxy) is 2. The Bertz CT molecular complexity index is 299. The van der Waals surface area contributed by atoms with Crippen LogP contribution in [0.3, 0.4) is 0 Å². The Labute approximate surface area is 91.2 Å². The lowest BCUT2D eigenvalue weighted by molar-refractivity contribution is 0.153. The van der Waals surface area contributed by atoms with Gasteiger partial charge in [-0.2, -0.15) is 0 Å². The SMILES string of the molecule is COc1ccccc1OC(CN)C(C)C. The van der Waals surface area contributed by atoms with Crippen LogP contribution >= 0.6 is 0 Å². The zero-order valence-electron chi connectivity index (χ0n) is 9.57. The molecule has 1 atom stereocenters. The summed E-state index contributed by atoms with van der Waals surface area (Å²) >= 11 is 0. The molecule has 0 aliphatic heterocycles. The quantitative estimate of drug-likeness (QED) is 0.807. The molecule has 0 aromatic heterocycles. The Balaban J connectivity index is 2.78. The summed E-state index contributed by atoms with van der Waals surface area (Å²) in [6, 6.07) is 7.61. The molecule has 1 aromatic rings. The van der Waals surface area contributed by atoms with Gasteiger partial charge in [0.2, 0.25) is 0 Å². The molecule has 0 saturated heterocycles. The molecule has 15 heavy (non-hydrogen) atoms. The lowest BCUT2D eigenvalue weighted by Gasteiger charge is -2.21. The number of methoxy groups -OCH3 is 1. The Morgan fingerprint density at radius 3 is 2.27 bits per heavy atom. The molecular formula is C12H19NO2. The highest BCUT2D eigenvalue weighted by Gasteiger charge is 2.14. The molecule has 0 radical (unpaired) electrons. The van der Waals surface area contributed by atoms with Crippen LogP contribution in [0, 0.1) is 5.92 Å². The lowest BCUT2D eigenvalue weighted by Crippen LogP contribution is -2.31. The van der Waals surface area contributed by atoms with Gasteiger partial charge >= 0.3 is 0 Å². The van der Waals surface area contributed by atoms with Crippen molar-refractivity contribution < 1.29 is 9.47 Å². The molecule has 3 heteroatoms. The molecule has 0 fully saturated rings. The second-order valence-corrected chi connectivity index (χ2v) is 3.79. The van der Waals surface area contributed by atoms with Crippen molar-refractivity contribution in [3.63, 3.8) is 0 Å². The van der Waals surface area contributed by atoms with Crippen molar-refractivity contribution in [2.45, 2.75) is 20.0 Å². The molecule has 1 rings (SSSR count). The number of hydrogen-bond donors (Lipinski definition) is 1. The van der Waals surface area contributed by atoms with Crippen molar-refractivity contribution in [2.75, 3.05) is 13.7 Å². The monoisotopic (exact) mass is 209 g/mol. The van der Waals surface area contributed by atoms with Gasteiger partial charge in [0, 0.05) is 6.54 Å². The summed E-state index contributed by atoms with van der Waals surface area (Å²) in [5, 5.41) is 0. The fourth-order valence-electron chi connectivity index (χ4n) is 1.34. The van der Waals surface area contributed by atoms with E-state index in [-0.39, 0.29) is 6.10 Å². The summed E-state index contributed by atoms with van der Waals surface area (Å²) in [6.45, 7) is 4.69. The summed E-state index contributed by atoms with van der Waals surface area (Å²) in [5.41, 5.74) is 5.65. The van der Waals surface area contributed by atoms with Crippen molar-refractivity contribution in [1.29, 1.82) is 0 Å². The van der Waals surface area contributed by atoms with Crippen molar-refractivity contribution in [3.05, 3.63) is 24.3 Å². The van der Waals surface area contributed by atoms with Crippen LogP contribution in [0.2, 0.25) is 0 Å².